The van der Waals surface area contributed by atoms with E-state index in [9.17, 15) is 0 Å². The number of halogens is 1. The lowest BCUT2D eigenvalue weighted by atomic mass is 10.2. The van der Waals surface area contributed by atoms with Crippen LogP contribution in [0.1, 0.15) is 0 Å². The summed E-state index contributed by atoms with van der Waals surface area (Å²) < 4.78 is 6.81. The van der Waals surface area contributed by atoms with Crippen LogP contribution in [-0.4, -0.2) is 35.1 Å². The van der Waals surface area contributed by atoms with Gasteiger partial charge in [-0.1, -0.05) is 27.7 Å². The number of morpholine rings is 1. The van der Waals surface area contributed by atoms with E-state index in [2.05, 4.69) is 73.3 Å². The Balaban J connectivity index is 1.60. The van der Waals surface area contributed by atoms with Crippen molar-refractivity contribution < 1.29 is 4.74 Å². The summed E-state index contributed by atoms with van der Waals surface area (Å²) in [6.45, 7) is 2.38. The number of benzene rings is 2. The lowest BCUT2D eigenvalue weighted by Crippen LogP contribution is -2.43. The van der Waals surface area contributed by atoms with Crippen LogP contribution in [0.2, 0.25) is 0 Å². The second-order valence-corrected chi connectivity index (χ2v) is 7.57. The van der Waals surface area contributed by atoms with Crippen molar-refractivity contribution >= 4 is 44.4 Å². The fourth-order valence-corrected chi connectivity index (χ4v) is 4.14. The van der Waals surface area contributed by atoms with Gasteiger partial charge in [-0.15, -0.1) is 0 Å². The fourth-order valence-electron chi connectivity index (χ4n) is 2.75. The summed E-state index contributed by atoms with van der Waals surface area (Å²) in [6.07, 6.45) is 1.74. The number of imidazole rings is 1. The molecule has 0 saturated carbocycles. The van der Waals surface area contributed by atoms with E-state index < -0.39 is 0 Å². The molecule has 1 aromatic heterocycles. The zero-order valence-corrected chi connectivity index (χ0v) is 14.8. The quantitative estimate of drug-likeness (QED) is 0.725. The van der Waals surface area contributed by atoms with Crippen molar-refractivity contribution in [2.75, 3.05) is 24.7 Å². The second-order valence-electron chi connectivity index (χ2n) is 5.40. The van der Waals surface area contributed by atoms with Crippen molar-refractivity contribution in [2.24, 2.45) is 0 Å². The van der Waals surface area contributed by atoms with Gasteiger partial charge in [-0.05, 0) is 42.5 Å². The predicted octanol–water partition coefficient (Wildman–Crippen LogP) is 4.28. The van der Waals surface area contributed by atoms with Gasteiger partial charge in [0.15, 0.2) is 0 Å². The van der Waals surface area contributed by atoms with E-state index in [1.807, 2.05) is 11.8 Å². The molecule has 0 spiro atoms. The third-order valence-electron chi connectivity index (χ3n) is 3.91. The van der Waals surface area contributed by atoms with Crippen LogP contribution >= 0.6 is 27.7 Å². The molecule has 0 bridgehead atoms. The molecule has 0 amide bonds. The zero-order chi connectivity index (χ0) is 15.6. The molecule has 0 aliphatic carbocycles. The van der Waals surface area contributed by atoms with Gasteiger partial charge in [-0.3, -0.25) is 0 Å². The van der Waals surface area contributed by atoms with Crippen molar-refractivity contribution in [1.29, 1.82) is 0 Å². The van der Waals surface area contributed by atoms with Gasteiger partial charge in [-0.25, -0.2) is 4.98 Å². The number of nitrogens with zero attached hydrogens (tertiary/aromatic N) is 2. The molecule has 1 unspecified atom stereocenters. The van der Waals surface area contributed by atoms with Gasteiger partial charge in [-0.2, -0.15) is 0 Å². The zero-order valence-electron chi connectivity index (χ0n) is 12.4. The SMILES string of the molecule is Brc1ccc(SC2COCCN2c2ccc3nc[nH]c3c2)cc1. The Labute approximate surface area is 147 Å². The fraction of sp³-hybridized carbons (Fsp3) is 0.235. The van der Waals surface area contributed by atoms with Crippen LogP contribution in [0.3, 0.4) is 0 Å². The summed E-state index contributed by atoms with van der Waals surface area (Å²) in [5, 5.41) is 0.269. The lowest BCUT2D eigenvalue weighted by Gasteiger charge is -2.37. The number of anilines is 1. The van der Waals surface area contributed by atoms with Gasteiger partial charge in [0.2, 0.25) is 0 Å². The van der Waals surface area contributed by atoms with Crippen molar-refractivity contribution in [3.8, 4) is 0 Å². The van der Waals surface area contributed by atoms with E-state index in [-0.39, 0.29) is 5.37 Å². The largest absolute Gasteiger partial charge is 0.377 e. The minimum atomic E-state index is 0.269. The molecule has 1 atom stereocenters. The molecule has 2 heterocycles. The summed E-state index contributed by atoms with van der Waals surface area (Å²) >= 11 is 5.32. The van der Waals surface area contributed by atoms with Crippen LogP contribution in [-0.2, 0) is 4.74 Å². The van der Waals surface area contributed by atoms with Crippen LogP contribution in [0.25, 0.3) is 11.0 Å². The molecular formula is C17H16BrN3OS. The summed E-state index contributed by atoms with van der Waals surface area (Å²) in [4.78, 5) is 11.1. The van der Waals surface area contributed by atoms with Gasteiger partial charge in [0.25, 0.3) is 0 Å². The van der Waals surface area contributed by atoms with Crippen molar-refractivity contribution in [1.82, 2.24) is 9.97 Å². The predicted molar refractivity (Wildman–Crippen MR) is 98.0 cm³/mol. The smallest absolute Gasteiger partial charge is 0.103 e. The van der Waals surface area contributed by atoms with Gasteiger partial charge >= 0.3 is 0 Å². The monoisotopic (exact) mass is 389 g/mol. The Morgan fingerprint density at radius 1 is 1.22 bits per heavy atom. The molecule has 6 heteroatoms. The van der Waals surface area contributed by atoms with E-state index in [0.29, 0.717) is 0 Å². The van der Waals surface area contributed by atoms with E-state index in [0.717, 1.165) is 35.3 Å². The van der Waals surface area contributed by atoms with Gasteiger partial charge in [0.05, 0.1) is 30.6 Å². The molecule has 3 aromatic rings. The van der Waals surface area contributed by atoms with Crippen LogP contribution < -0.4 is 4.90 Å². The average Bonchev–Trinajstić information content (AvgIpc) is 3.05. The maximum absolute atomic E-state index is 5.71. The number of aromatic nitrogens is 2. The van der Waals surface area contributed by atoms with Crippen molar-refractivity contribution in [3.05, 3.63) is 53.3 Å². The standard InChI is InChI=1S/C17H16BrN3OS/c18-12-1-4-14(5-2-12)23-17-10-22-8-7-21(17)13-3-6-15-16(9-13)20-11-19-15/h1-6,9,11,17H,7-8,10H2,(H,19,20). The average molecular weight is 390 g/mol. The Kier molecular flexibility index (Phi) is 4.29. The molecule has 1 aliphatic rings. The number of thioether (sulfide) groups is 1. The Hall–Kier alpha value is -1.50. The Bertz CT molecular complexity index is 805. The Morgan fingerprint density at radius 3 is 2.96 bits per heavy atom. The molecule has 4 nitrogen and oxygen atoms in total. The number of H-pyrrole nitrogens is 1. The van der Waals surface area contributed by atoms with Crippen molar-refractivity contribution in [3.63, 3.8) is 0 Å². The minimum absolute atomic E-state index is 0.269. The third-order valence-corrected chi connectivity index (χ3v) is 5.64. The highest BCUT2D eigenvalue weighted by Gasteiger charge is 2.24. The van der Waals surface area contributed by atoms with E-state index in [1.165, 1.54) is 10.6 Å². The number of fused-ring (bicyclic) bond motifs is 1. The first-order valence-electron chi connectivity index (χ1n) is 7.49. The first-order chi connectivity index (χ1) is 11.3. The number of ether oxygens (including phenoxy) is 1. The second kappa shape index (κ2) is 6.55. The van der Waals surface area contributed by atoms with Gasteiger partial charge < -0.3 is 14.6 Å². The maximum atomic E-state index is 5.71. The van der Waals surface area contributed by atoms with Gasteiger partial charge in [0, 0.05) is 21.6 Å². The van der Waals surface area contributed by atoms with Crippen LogP contribution in [0.5, 0.6) is 0 Å². The third kappa shape index (κ3) is 3.24. The molecule has 118 valence electrons. The highest BCUT2D eigenvalue weighted by atomic mass is 79.9. The molecular weight excluding hydrogens is 374 g/mol. The molecule has 4 rings (SSSR count). The number of rotatable bonds is 3. The van der Waals surface area contributed by atoms with Gasteiger partial charge in [0.1, 0.15) is 5.37 Å². The van der Waals surface area contributed by atoms with Crippen LogP contribution in [0.4, 0.5) is 5.69 Å². The van der Waals surface area contributed by atoms with E-state index in [1.54, 1.807) is 6.33 Å². The van der Waals surface area contributed by atoms with Crippen LogP contribution in [0, 0.1) is 0 Å². The number of nitrogens with one attached hydrogen (secondary N) is 1. The normalized spacial score (nSPS) is 18.5. The first-order valence-corrected chi connectivity index (χ1v) is 9.16. The Morgan fingerprint density at radius 2 is 2.09 bits per heavy atom. The molecule has 1 aliphatic heterocycles. The summed E-state index contributed by atoms with van der Waals surface area (Å²) in [7, 11) is 0. The van der Waals surface area contributed by atoms with E-state index >= 15 is 0 Å². The first kappa shape index (κ1) is 15.1. The van der Waals surface area contributed by atoms with Crippen molar-refractivity contribution in [2.45, 2.75) is 10.3 Å². The molecule has 23 heavy (non-hydrogen) atoms. The number of hydrogen-bond donors (Lipinski definition) is 1. The summed E-state index contributed by atoms with van der Waals surface area (Å²) in [6, 6.07) is 14.8. The molecule has 2 aromatic carbocycles. The maximum Gasteiger partial charge on any atom is 0.103 e. The number of hydrogen-bond acceptors (Lipinski definition) is 4. The number of aromatic amines is 1. The lowest BCUT2D eigenvalue weighted by molar-refractivity contribution is 0.115. The highest BCUT2D eigenvalue weighted by molar-refractivity contribution is 9.10. The highest BCUT2D eigenvalue weighted by Crippen LogP contribution is 2.32. The molecule has 1 saturated heterocycles. The topological polar surface area (TPSA) is 41.1 Å². The van der Waals surface area contributed by atoms with E-state index in [4.69, 9.17) is 4.74 Å². The summed E-state index contributed by atoms with van der Waals surface area (Å²) in [5.74, 6) is 0. The molecule has 0 radical (unpaired) electrons. The summed E-state index contributed by atoms with van der Waals surface area (Å²) in [5.41, 5.74) is 3.28. The molecule has 1 N–H and O–H groups in total. The molecule has 1 fully saturated rings. The van der Waals surface area contributed by atoms with Crippen LogP contribution in [0.15, 0.2) is 58.2 Å². The minimum Gasteiger partial charge on any atom is -0.377 e.